The maximum Gasteiger partial charge on any atom is 0.295 e. The van der Waals surface area contributed by atoms with E-state index in [0.717, 1.165) is 18.7 Å². The zero-order chi connectivity index (χ0) is 21.8. The molecule has 0 spiro atoms. The maximum atomic E-state index is 13.3. The van der Waals surface area contributed by atoms with E-state index in [2.05, 4.69) is 0 Å². The summed E-state index contributed by atoms with van der Waals surface area (Å²) in [6, 6.07) is 15.1. The van der Waals surface area contributed by atoms with Crippen LogP contribution in [0.5, 0.6) is 5.75 Å². The molecule has 31 heavy (non-hydrogen) atoms. The Balaban J connectivity index is 1.72. The molecule has 2 aliphatic heterocycles. The second kappa shape index (κ2) is 9.32. The third kappa shape index (κ3) is 4.33. The first-order valence-electron chi connectivity index (χ1n) is 10.5. The highest BCUT2D eigenvalue weighted by molar-refractivity contribution is 6.46. The van der Waals surface area contributed by atoms with E-state index in [4.69, 9.17) is 9.47 Å². The summed E-state index contributed by atoms with van der Waals surface area (Å²) in [5.74, 6) is -1.07. The van der Waals surface area contributed by atoms with E-state index in [1.165, 1.54) is 4.90 Å². The number of ether oxygens (including phenoxy) is 2. The van der Waals surface area contributed by atoms with E-state index in [1.54, 1.807) is 54.5 Å². The molecule has 0 aromatic heterocycles. The van der Waals surface area contributed by atoms with Crippen LogP contribution in [0.1, 0.15) is 17.2 Å². The Hall–Kier alpha value is -3.16. The first kappa shape index (κ1) is 21.1. The van der Waals surface area contributed by atoms with Crippen LogP contribution < -0.4 is 14.7 Å². The highest BCUT2D eigenvalue weighted by atomic mass is 16.5. The minimum Gasteiger partial charge on any atom is -0.872 e. The number of methoxy groups -OCH3 is 1. The summed E-state index contributed by atoms with van der Waals surface area (Å²) >= 11 is 0. The van der Waals surface area contributed by atoms with Crippen LogP contribution in [0.3, 0.4) is 0 Å². The van der Waals surface area contributed by atoms with Gasteiger partial charge >= 0.3 is 0 Å². The van der Waals surface area contributed by atoms with Crippen LogP contribution in [0.25, 0.3) is 5.76 Å². The number of carbonyl (C=O) groups is 2. The van der Waals surface area contributed by atoms with Gasteiger partial charge in [0.2, 0.25) is 5.78 Å². The van der Waals surface area contributed by atoms with Crippen LogP contribution >= 0.6 is 0 Å². The maximum absolute atomic E-state index is 13.3. The third-order valence-corrected chi connectivity index (χ3v) is 5.90. The summed E-state index contributed by atoms with van der Waals surface area (Å²) in [5, 5.41) is 13.3. The summed E-state index contributed by atoms with van der Waals surface area (Å²) in [4.78, 5) is 28.8. The SMILES string of the molecule is COc1ccc(C2/C(=C(\[O-])c3ccccc3)C(=O)C(=O)N2CC[NH+]2CCOCC2)cc1. The second-order valence-electron chi connectivity index (χ2n) is 7.72. The number of quaternary nitrogens is 1. The first-order chi connectivity index (χ1) is 15.1. The summed E-state index contributed by atoms with van der Waals surface area (Å²) < 4.78 is 10.6. The third-order valence-electron chi connectivity index (χ3n) is 5.90. The van der Waals surface area contributed by atoms with Gasteiger partial charge in [0.15, 0.2) is 0 Å². The normalized spacial score (nSPS) is 21.5. The van der Waals surface area contributed by atoms with Gasteiger partial charge in [-0.25, -0.2) is 0 Å². The molecular weight excluding hydrogens is 396 g/mol. The molecule has 4 rings (SSSR count). The zero-order valence-corrected chi connectivity index (χ0v) is 17.5. The van der Waals surface area contributed by atoms with Crippen molar-refractivity contribution < 1.29 is 29.1 Å². The van der Waals surface area contributed by atoms with Gasteiger partial charge in [-0.05, 0) is 23.3 Å². The van der Waals surface area contributed by atoms with Crippen LogP contribution in [0.4, 0.5) is 0 Å². The molecule has 2 aromatic carbocycles. The van der Waals surface area contributed by atoms with Gasteiger partial charge in [-0.15, -0.1) is 0 Å². The van der Waals surface area contributed by atoms with Crippen molar-refractivity contribution in [2.45, 2.75) is 6.04 Å². The number of morpholine rings is 1. The van der Waals surface area contributed by atoms with Gasteiger partial charge < -0.3 is 24.4 Å². The van der Waals surface area contributed by atoms with Gasteiger partial charge in [0, 0.05) is 5.57 Å². The average Bonchev–Trinajstić information content (AvgIpc) is 3.08. The highest BCUT2D eigenvalue weighted by Gasteiger charge is 2.44. The lowest BCUT2D eigenvalue weighted by Gasteiger charge is -2.30. The fourth-order valence-electron chi connectivity index (χ4n) is 4.17. The quantitative estimate of drug-likeness (QED) is 0.397. The lowest BCUT2D eigenvalue weighted by molar-refractivity contribution is -0.907. The summed E-state index contributed by atoms with van der Waals surface area (Å²) in [5.41, 5.74) is 1.13. The summed E-state index contributed by atoms with van der Waals surface area (Å²) in [7, 11) is 1.57. The number of amides is 1. The minimum absolute atomic E-state index is 0.0124. The molecule has 2 aliphatic rings. The Labute approximate surface area is 181 Å². The van der Waals surface area contributed by atoms with E-state index < -0.39 is 23.5 Å². The molecule has 1 N–H and O–H groups in total. The molecule has 2 aromatic rings. The van der Waals surface area contributed by atoms with E-state index in [0.29, 0.717) is 37.6 Å². The number of hydrogen-bond donors (Lipinski definition) is 1. The smallest absolute Gasteiger partial charge is 0.295 e. The minimum atomic E-state index is -0.716. The van der Waals surface area contributed by atoms with Crippen molar-refractivity contribution in [1.29, 1.82) is 0 Å². The molecule has 0 bridgehead atoms. The molecule has 2 fully saturated rings. The first-order valence-corrected chi connectivity index (χ1v) is 10.5. The number of benzene rings is 2. The summed E-state index contributed by atoms with van der Waals surface area (Å²) in [6.07, 6.45) is 0. The molecular formula is C24H26N2O5. The van der Waals surface area contributed by atoms with Gasteiger partial charge in [0.25, 0.3) is 5.91 Å². The zero-order valence-electron chi connectivity index (χ0n) is 17.5. The second-order valence-corrected chi connectivity index (χ2v) is 7.72. The molecule has 7 heteroatoms. The number of likely N-dealkylation sites (tertiary alicyclic amines) is 1. The van der Waals surface area contributed by atoms with E-state index in [9.17, 15) is 14.7 Å². The van der Waals surface area contributed by atoms with Crippen molar-refractivity contribution in [3.63, 3.8) is 0 Å². The van der Waals surface area contributed by atoms with E-state index >= 15 is 0 Å². The average molecular weight is 422 g/mol. The predicted octanol–water partition coefficient (Wildman–Crippen LogP) is -0.166. The van der Waals surface area contributed by atoms with Gasteiger partial charge in [0.1, 0.15) is 18.8 Å². The molecule has 162 valence electrons. The molecule has 0 radical (unpaired) electrons. The standard InChI is InChI=1S/C24H26N2O5/c1-30-19-9-7-17(8-10-19)21-20(22(27)18-5-3-2-4-6-18)23(28)24(29)26(21)12-11-25-13-15-31-16-14-25/h2-10,21,27H,11-16H2,1H3/b22-20+. The van der Waals surface area contributed by atoms with Crippen molar-refractivity contribution in [2.75, 3.05) is 46.5 Å². The fraction of sp³-hybridized carbons (Fsp3) is 0.333. The Morgan fingerprint density at radius 3 is 2.42 bits per heavy atom. The van der Waals surface area contributed by atoms with Gasteiger partial charge in [-0.1, -0.05) is 48.2 Å². The topological polar surface area (TPSA) is 83.3 Å². The Morgan fingerprint density at radius 1 is 1.10 bits per heavy atom. The molecule has 0 aliphatic carbocycles. The molecule has 1 amide bonds. The predicted molar refractivity (Wildman–Crippen MR) is 112 cm³/mol. The number of nitrogens with one attached hydrogen (secondary N) is 1. The number of hydrogen-bond acceptors (Lipinski definition) is 5. The Bertz CT molecular complexity index is 965. The molecule has 2 saturated heterocycles. The van der Waals surface area contributed by atoms with Crippen LogP contribution in [0.2, 0.25) is 0 Å². The lowest BCUT2D eigenvalue weighted by atomic mass is 9.95. The molecule has 1 atom stereocenters. The van der Waals surface area contributed by atoms with Crippen molar-refractivity contribution in [2.24, 2.45) is 0 Å². The Kier molecular flexibility index (Phi) is 6.34. The van der Waals surface area contributed by atoms with Gasteiger partial charge in [0.05, 0.1) is 39.5 Å². The van der Waals surface area contributed by atoms with Crippen LogP contribution in [-0.4, -0.2) is 63.1 Å². The van der Waals surface area contributed by atoms with E-state index in [1.807, 2.05) is 12.1 Å². The number of nitrogens with zero attached hydrogens (tertiary/aromatic N) is 1. The highest BCUT2D eigenvalue weighted by Crippen LogP contribution is 2.38. The van der Waals surface area contributed by atoms with Crippen molar-refractivity contribution in [3.8, 4) is 5.75 Å². The van der Waals surface area contributed by atoms with Crippen LogP contribution in [-0.2, 0) is 14.3 Å². The Morgan fingerprint density at radius 2 is 1.77 bits per heavy atom. The van der Waals surface area contributed by atoms with Gasteiger partial charge in [-0.2, -0.15) is 0 Å². The van der Waals surface area contributed by atoms with Crippen molar-refractivity contribution in [1.82, 2.24) is 4.90 Å². The van der Waals surface area contributed by atoms with E-state index in [-0.39, 0.29) is 5.57 Å². The molecule has 7 nitrogen and oxygen atoms in total. The number of carbonyl (C=O) groups excluding carboxylic acids is 2. The molecule has 2 heterocycles. The van der Waals surface area contributed by atoms with Crippen molar-refractivity contribution >= 4 is 17.4 Å². The van der Waals surface area contributed by atoms with Crippen LogP contribution in [0.15, 0.2) is 60.2 Å². The number of rotatable bonds is 6. The molecule has 0 saturated carbocycles. The molecule has 1 unspecified atom stereocenters. The monoisotopic (exact) mass is 422 g/mol. The van der Waals surface area contributed by atoms with Gasteiger partial charge in [-0.3, -0.25) is 9.59 Å². The largest absolute Gasteiger partial charge is 0.872 e. The fourth-order valence-corrected chi connectivity index (χ4v) is 4.17. The lowest BCUT2D eigenvalue weighted by Crippen LogP contribution is -3.14. The van der Waals surface area contributed by atoms with Crippen molar-refractivity contribution in [3.05, 3.63) is 71.3 Å². The summed E-state index contributed by atoms with van der Waals surface area (Å²) in [6.45, 7) is 4.19. The number of Topliss-reactive ketones (excluding diaryl/α,β-unsaturated/α-hetero) is 1. The number of ketones is 1. The van der Waals surface area contributed by atoms with Crippen LogP contribution in [0, 0.1) is 0 Å².